The molecule has 1 rings (SSSR count). The predicted octanol–water partition coefficient (Wildman–Crippen LogP) is 3.37. The Kier molecular flexibility index (Phi) is 4.24. The molecule has 0 spiro atoms. The van der Waals surface area contributed by atoms with Crippen LogP contribution in [0.1, 0.15) is 26.3 Å². The van der Waals surface area contributed by atoms with Crippen LogP contribution in [0.3, 0.4) is 0 Å². The van der Waals surface area contributed by atoms with Gasteiger partial charge in [-0.15, -0.1) is 0 Å². The van der Waals surface area contributed by atoms with E-state index in [9.17, 15) is 0 Å². The molecular formula is C13H18N. The zero-order valence-electron chi connectivity index (χ0n) is 9.25. The van der Waals surface area contributed by atoms with Gasteiger partial charge in [0.05, 0.1) is 0 Å². The highest BCUT2D eigenvalue weighted by Crippen LogP contribution is 2.20. The van der Waals surface area contributed by atoms with Crippen LogP contribution in [0, 0.1) is 6.08 Å². The van der Waals surface area contributed by atoms with E-state index < -0.39 is 0 Å². The van der Waals surface area contributed by atoms with Crippen molar-refractivity contribution in [3.63, 3.8) is 0 Å². The van der Waals surface area contributed by atoms with Crippen LogP contribution in [0.5, 0.6) is 0 Å². The van der Waals surface area contributed by atoms with Gasteiger partial charge in [-0.2, -0.15) is 0 Å². The van der Waals surface area contributed by atoms with E-state index in [1.807, 2.05) is 13.0 Å². The highest BCUT2D eigenvalue weighted by atomic mass is 15.1. The molecule has 0 N–H and O–H groups in total. The van der Waals surface area contributed by atoms with Gasteiger partial charge in [0.1, 0.15) is 0 Å². The van der Waals surface area contributed by atoms with E-state index in [-0.39, 0.29) is 0 Å². The number of para-hydroxylation sites is 1. The number of allylic oxidation sites excluding steroid dienone is 1. The minimum atomic E-state index is 1.05. The third kappa shape index (κ3) is 2.38. The second kappa shape index (κ2) is 5.48. The molecule has 0 aliphatic heterocycles. The number of hydrogen-bond acceptors (Lipinski definition) is 1. The molecule has 14 heavy (non-hydrogen) atoms. The number of anilines is 1. The third-order valence-electron chi connectivity index (χ3n) is 2.34. The summed E-state index contributed by atoms with van der Waals surface area (Å²) in [5, 5.41) is 0. The molecule has 1 aromatic rings. The Labute approximate surface area is 87.1 Å². The topological polar surface area (TPSA) is 3.24 Å². The minimum absolute atomic E-state index is 1.05. The molecule has 0 amide bonds. The van der Waals surface area contributed by atoms with E-state index in [4.69, 9.17) is 0 Å². The van der Waals surface area contributed by atoms with Crippen molar-refractivity contribution < 1.29 is 0 Å². The molecule has 0 unspecified atom stereocenters. The Bertz CT molecular complexity index is 298. The molecule has 1 radical (unpaired) electrons. The Morgan fingerprint density at radius 3 is 2.43 bits per heavy atom. The van der Waals surface area contributed by atoms with Gasteiger partial charge in [0.25, 0.3) is 0 Å². The predicted molar refractivity (Wildman–Crippen MR) is 63.4 cm³/mol. The van der Waals surface area contributed by atoms with Crippen LogP contribution in [-0.4, -0.2) is 13.1 Å². The van der Waals surface area contributed by atoms with Gasteiger partial charge in [-0.3, -0.25) is 0 Å². The van der Waals surface area contributed by atoms with Crippen LogP contribution in [0.15, 0.2) is 24.3 Å². The largest absolute Gasteiger partial charge is 0.372 e. The maximum atomic E-state index is 3.08. The third-order valence-corrected chi connectivity index (χ3v) is 2.34. The van der Waals surface area contributed by atoms with Gasteiger partial charge in [-0.05, 0) is 44.6 Å². The van der Waals surface area contributed by atoms with E-state index >= 15 is 0 Å². The van der Waals surface area contributed by atoms with Crippen molar-refractivity contribution in [2.24, 2.45) is 0 Å². The summed E-state index contributed by atoms with van der Waals surface area (Å²) in [6, 6.07) is 8.44. The second-order valence-electron chi connectivity index (χ2n) is 3.16. The summed E-state index contributed by atoms with van der Waals surface area (Å²) >= 11 is 0. The van der Waals surface area contributed by atoms with Crippen LogP contribution in [0.2, 0.25) is 0 Å². The maximum absolute atomic E-state index is 3.08. The van der Waals surface area contributed by atoms with E-state index in [0.29, 0.717) is 0 Å². The van der Waals surface area contributed by atoms with Crippen LogP contribution in [0.4, 0.5) is 5.69 Å². The van der Waals surface area contributed by atoms with Gasteiger partial charge < -0.3 is 4.90 Å². The lowest BCUT2D eigenvalue weighted by Crippen LogP contribution is -2.22. The van der Waals surface area contributed by atoms with Crippen molar-refractivity contribution in [3.05, 3.63) is 35.9 Å². The summed E-state index contributed by atoms with van der Waals surface area (Å²) in [4.78, 5) is 2.35. The number of benzene rings is 1. The molecule has 1 aromatic carbocycles. The molecule has 0 bridgehead atoms. The molecule has 0 heterocycles. The fraction of sp³-hybridized carbons (Fsp3) is 0.385. The summed E-state index contributed by atoms with van der Waals surface area (Å²) in [7, 11) is 0. The lowest BCUT2D eigenvalue weighted by Gasteiger charge is -2.22. The van der Waals surface area contributed by atoms with Crippen LogP contribution >= 0.6 is 0 Å². The van der Waals surface area contributed by atoms with Crippen molar-refractivity contribution in [1.29, 1.82) is 0 Å². The van der Waals surface area contributed by atoms with Gasteiger partial charge in [-0.1, -0.05) is 18.2 Å². The Hall–Kier alpha value is -1.24. The molecule has 0 aliphatic carbocycles. The average molecular weight is 188 g/mol. The standard InChI is InChI=1S/C13H18N/c1-4-9-12-10-7-8-11-13(12)14(5-2)6-3/h7-11H,5-6H2,1-3H3. The maximum Gasteiger partial charge on any atom is 0.0439 e. The first kappa shape index (κ1) is 10.8. The highest BCUT2D eigenvalue weighted by Gasteiger charge is 2.04. The molecule has 0 saturated carbocycles. The molecule has 0 aliphatic rings. The molecule has 1 nitrogen and oxygen atoms in total. The van der Waals surface area contributed by atoms with Gasteiger partial charge in [0.2, 0.25) is 0 Å². The smallest absolute Gasteiger partial charge is 0.0439 e. The molecular weight excluding hydrogens is 170 g/mol. The van der Waals surface area contributed by atoms with Gasteiger partial charge >= 0.3 is 0 Å². The van der Waals surface area contributed by atoms with Crippen LogP contribution < -0.4 is 4.90 Å². The molecule has 0 atom stereocenters. The number of rotatable bonds is 4. The van der Waals surface area contributed by atoms with Crippen molar-refractivity contribution >= 4 is 11.8 Å². The van der Waals surface area contributed by atoms with E-state index in [1.165, 1.54) is 11.3 Å². The SMILES string of the molecule is C/[C]=C\c1ccccc1N(CC)CC. The quantitative estimate of drug-likeness (QED) is 0.700. The van der Waals surface area contributed by atoms with E-state index in [2.05, 4.69) is 49.1 Å². The van der Waals surface area contributed by atoms with Crippen LogP contribution in [-0.2, 0) is 0 Å². The fourth-order valence-electron chi connectivity index (χ4n) is 1.62. The summed E-state index contributed by atoms with van der Waals surface area (Å²) < 4.78 is 0. The van der Waals surface area contributed by atoms with E-state index in [0.717, 1.165) is 13.1 Å². The van der Waals surface area contributed by atoms with Gasteiger partial charge in [-0.25, -0.2) is 0 Å². The van der Waals surface area contributed by atoms with Gasteiger partial charge in [0.15, 0.2) is 0 Å². The number of nitrogens with zero attached hydrogens (tertiary/aromatic N) is 1. The Balaban J connectivity index is 3.04. The molecule has 0 fully saturated rings. The molecule has 75 valence electrons. The first-order valence-electron chi connectivity index (χ1n) is 5.17. The first-order valence-corrected chi connectivity index (χ1v) is 5.17. The van der Waals surface area contributed by atoms with Crippen LogP contribution in [0.25, 0.3) is 6.08 Å². The van der Waals surface area contributed by atoms with Crippen molar-refractivity contribution in [2.75, 3.05) is 18.0 Å². The normalized spacial score (nSPS) is 10.8. The van der Waals surface area contributed by atoms with Crippen molar-refractivity contribution in [2.45, 2.75) is 20.8 Å². The number of hydrogen-bond donors (Lipinski definition) is 0. The second-order valence-corrected chi connectivity index (χ2v) is 3.16. The summed E-state index contributed by atoms with van der Waals surface area (Å²) in [5.74, 6) is 0. The zero-order chi connectivity index (χ0) is 10.4. The minimum Gasteiger partial charge on any atom is -0.372 e. The van der Waals surface area contributed by atoms with Crippen molar-refractivity contribution in [1.82, 2.24) is 0 Å². The van der Waals surface area contributed by atoms with E-state index in [1.54, 1.807) is 0 Å². The fourth-order valence-corrected chi connectivity index (χ4v) is 1.62. The average Bonchev–Trinajstić information content (AvgIpc) is 2.23. The molecule has 1 heteroatoms. The Morgan fingerprint density at radius 2 is 1.86 bits per heavy atom. The Morgan fingerprint density at radius 1 is 1.21 bits per heavy atom. The lowest BCUT2D eigenvalue weighted by atomic mass is 10.1. The molecule has 0 aromatic heterocycles. The van der Waals surface area contributed by atoms with Gasteiger partial charge in [0, 0.05) is 18.8 Å². The monoisotopic (exact) mass is 188 g/mol. The van der Waals surface area contributed by atoms with Crippen molar-refractivity contribution in [3.8, 4) is 0 Å². The summed E-state index contributed by atoms with van der Waals surface area (Å²) in [6.07, 6.45) is 5.11. The highest BCUT2D eigenvalue weighted by molar-refractivity contribution is 5.66. The summed E-state index contributed by atoms with van der Waals surface area (Å²) in [6.45, 7) is 8.38. The lowest BCUT2D eigenvalue weighted by molar-refractivity contribution is 0.865. The summed E-state index contributed by atoms with van der Waals surface area (Å²) in [5.41, 5.74) is 2.55. The molecule has 0 saturated heterocycles. The zero-order valence-corrected chi connectivity index (χ0v) is 9.25. The first-order chi connectivity index (χ1) is 6.83.